The molecular weight excluding hydrogens is 480 g/mol. The topological polar surface area (TPSA) is 185 Å². The number of esters is 1. The van der Waals surface area contributed by atoms with Crippen LogP contribution < -0.4 is 14.9 Å². The van der Waals surface area contributed by atoms with Crippen LogP contribution in [0.5, 0.6) is 23.0 Å². The van der Waals surface area contributed by atoms with Crippen LogP contribution in [0.3, 0.4) is 0 Å². The minimum Gasteiger partial charge on any atom is -0.507 e. The molecule has 0 spiro atoms. The Morgan fingerprint density at radius 3 is 2.36 bits per heavy atom. The van der Waals surface area contributed by atoms with E-state index in [1.54, 1.807) is 0 Å². The van der Waals surface area contributed by atoms with Gasteiger partial charge >= 0.3 is 5.97 Å². The van der Waals surface area contributed by atoms with Crippen LogP contribution in [0.2, 0.25) is 0 Å². The van der Waals surface area contributed by atoms with Gasteiger partial charge in [-0.3, -0.25) is 9.59 Å². The van der Waals surface area contributed by atoms with E-state index in [9.17, 15) is 35.1 Å². The summed E-state index contributed by atoms with van der Waals surface area (Å²) in [6.45, 7) is 0.730. The summed E-state index contributed by atoms with van der Waals surface area (Å²) in [4.78, 5) is 24.2. The number of hydrogen-bond donors (Lipinski definition) is 5. The van der Waals surface area contributed by atoms with Crippen molar-refractivity contribution in [3.8, 4) is 34.3 Å². The Morgan fingerprint density at radius 2 is 1.72 bits per heavy atom. The number of methoxy groups -OCH3 is 1. The number of aliphatic hydroxyl groups excluding tert-OH is 3. The molecule has 1 aromatic heterocycles. The summed E-state index contributed by atoms with van der Waals surface area (Å²) in [6.07, 6.45) is -7.85. The third-order valence-electron chi connectivity index (χ3n) is 5.63. The van der Waals surface area contributed by atoms with Crippen molar-refractivity contribution in [3.05, 3.63) is 46.6 Å². The molecule has 0 unspecified atom stereocenters. The van der Waals surface area contributed by atoms with Crippen molar-refractivity contribution in [1.82, 2.24) is 0 Å². The zero-order chi connectivity index (χ0) is 26.1. The summed E-state index contributed by atoms with van der Waals surface area (Å²) in [7, 11) is 1.35. The monoisotopic (exact) mass is 504 g/mol. The van der Waals surface area contributed by atoms with Crippen LogP contribution in [-0.4, -0.2) is 75.9 Å². The van der Waals surface area contributed by atoms with Gasteiger partial charge in [0.05, 0.1) is 7.11 Å². The third-order valence-corrected chi connectivity index (χ3v) is 5.63. The number of hydrogen-bond acceptors (Lipinski definition) is 12. The van der Waals surface area contributed by atoms with Crippen molar-refractivity contribution in [2.24, 2.45) is 0 Å². The second-order valence-corrected chi connectivity index (χ2v) is 8.08. The standard InChI is InChI=1S/C24H24O12/c1-10(25)33-9-18-21(29)22(30)23(31)24(36-18)35-16-7-11(32-2)6-15-20(16)14(28)8-17(34-15)19-12(26)4-3-5-13(19)27/h3-8,18,21-24,26-27,29-31H,9H2,1-2H3/t18-,21-,22+,23-,24-/m1/s1. The molecule has 3 aromatic rings. The molecule has 0 radical (unpaired) electrons. The van der Waals surface area contributed by atoms with Gasteiger partial charge in [0, 0.05) is 25.1 Å². The van der Waals surface area contributed by atoms with Gasteiger partial charge in [-0.25, -0.2) is 0 Å². The van der Waals surface area contributed by atoms with E-state index in [2.05, 4.69) is 0 Å². The Labute approximate surface area is 203 Å². The number of aliphatic hydroxyl groups is 3. The van der Waals surface area contributed by atoms with E-state index in [4.69, 9.17) is 23.4 Å². The van der Waals surface area contributed by atoms with E-state index in [1.165, 1.54) is 37.4 Å². The first-order chi connectivity index (χ1) is 17.1. The zero-order valence-electron chi connectivity index (χ0n) is 19.2. The van der Waals surface area contributed by atoms with Crippen LogP contribution in [0.25, 0.3) is 22.3 Å². The number of phenolic OH excluding ortho intramolecular Hbond substituents is 2. The number of fused-ring (bicyclic) bond motifs is 1. The second-order valence-electron chi connectivity index (χ2n) is 8.08. The molecule has 192 valence electrons. The van der Waals surface area contributed by atoms with Crippen LogP contribution in [0, 0.1) is 0 Å². The number of aromatic hydroxyl groups is 2. The fraction of sp³-hybridized carbons (Fsp3) is 0.333. The highest BCUT2D eigenvalue weighted by molar-refractivity contribution is 5.87. The van der Waals surface area contributed by atoms with E-state index in [-0.39, 0.29) is 45.3 Å². The Hall–Kier alpha value is -3.84. The summed E-state index contributed by atoms with van der Waals surface area (Å²) in [5.41, 5.74) is -0.774. The van der Waals surface area contributed by atoms with Crippen molar-refractivity contribution in [2.45, 2.75) is 37.6 Å². The highest BCUT2D eigenvalue weighted by Crippen LogP contribution is 2.39. The van der Waals surface area contributed by atoms with Crippen LogP contribution >= 0.6 is 0 Å². The number of carbonyl (C=O) groups excluding carboxylic acids is 1. The number of rotatable bonds is 6. The highest BCUT2D eigenvalue weighted by Gasteiger charge is 2.45. The maximum atomic E-state index is 13.1. The van der Waals surface area contributed by atoms with Crippen LogP contribution in [0.4, 0.5) is 0 Å². The maximum absolute atomic E-state index is 13.1. The SMILES string of the molecule is COc1cc(O[C@@H]2O[C@H](COC(C)=O)[C@@H](O)[C@H](O)[C@H]2O)c2c(=O)cc(-c3c(O)cccc3O)oc2c1. The van der Waals surface area contributed by atoms with E-state index in [0.717, 1.165) is 13.0 Å². The molecule has 5 atom stereocenters. The van der Waals surface area contributed by atoms with Gasteiger partial charge in [0.2, 0.25) is 6.29 Å². The zero-order valence-corrected chi connectivity index (χ0v) is 19.2. The van der Waals surface area contributed by atoms with Gasteiger partial charge in [-0.1, -0.05) is 6.07 Å². The quantitative estimate of drug-likeness (QED) is 0.295. The molecule has 1 saturated heterocycles. The van der Waals surface area contributed by atoms with Gasteiger partial charge in [0.15, 0.2) is 5.43 Å². The van der Waals surface area contributed by atoms with Crippen LogP contribution in [0.1, 0.15) is 6.92 Å². The normalized spacial score (nSPS) is 23.9. The summed E-state index contributed by atoms with van der Waals surface area (Å²) in [5.74, 6) is -1.38. The van der Waals surface area contributed by atoms with Crippen LogP contribution in [0.15, 0.2) is 45.6 Å². The summed E-state index contributed by atoms with van der Waals surface area (Å²) in [5, 5.41) is 51.1. The molecule has 0 amide bonds. The lowest BCUT2D eigenvalue weighted by Crippen LogP contribution is -2.60. The van der Waals surface area contributed by atoms with Crippen molar-refractivity contribution in [2.75, 3.05) is 13.7 Å². The molecule has 2 aromatic carbocycles. The molecule has 0 saturated carbocycles. The minimum absolute atomic E-state index is 0.0446. The summed E-state index contributed by atoms with van der Waals surface area (Å²) >= 11 is 0. The molecule has 2 heterocycles. The molecule has 1 aliphatic heterocycles. The van der Waals surface area contributed by atoms with Gasteiger partial charge in [-0.15, -0.1) is 0 Å². The predicted octanol–water partition coefficient (Wildman–Crippen LogP) is 0.629. The van der Waals surface area contributed by atoms with Gasteiger partial charge < -0.3 is 48.9 Å². The van der Waals surface area contributed by atoms with Crippen molar-refractivity contribution in [3.63, 3.8) is 0 Å². The Morgan fingerprint density at radius 1 is 1.03 bits per heavy atom. The van der Waals surface area contributed by atoms with E-state index in [1.807, 2.05) is 0 Å². The third kappa shape index (κ3) is 4.79. The van der Waals surface area contributed by atoms with Gasteiger partial charge in [-0.05, 0) is 12.1 Å². The lowest BCUT2D eigenvalue weighted by Gasteiger charge is -2.39. The Kier molecular flexibility index (Phi) is 7.04. The molecule has 1 fully saturated rings. The lowest BCUT2D eigenvalue weighted by molar-refractivity contribution is -0.278. The average molecular weight is 504 g/mol. The van der Waals surface area contributed by atoms with Crippen molar-refractivity contribution >= 4 is 16.9 Å². The smallest absolute Gasteiger partial charge is 0.302 e. The summed E-state index contributed by atoms with van der Waals surface area (Å²) < 4.78 is 27.1. The fourth-order valence-electron chi connectivity index (χ4n) is 3.82. The first-order valence-electron chi connectivity index (χ1n) is 10.8. The molecule has 0 bridgehead atoms. The highest BCUT2D eigenvalue weighted by atomic mass is 16.7. The number of phenols is 2. The molecule has 1 aliphatic rings. The first kappa shape index (κ1) is 25.3. The molecule has 12 heteroatoms. The number of ether oxygens (including phenoxy) is 4. The van der Waals surface area contributed by atoms with Crippen molar-refractivity contribution in [1.29, 1.82) is 0 Å². The largest absolute Gasteiger partial charge is 0.507 e. The molecule has 4 rings (SSSR count). The molecular formula is C24H24O12. The number of carbonyl (C=O) groups is 1. The number of benzene rings is 2. The second kappa shape index (κ2) is 10.0. The fourth-order valence-corrected chi connectivity index (χ4v) is 3.82. The minimum atomic E-state index is -1.74. The van der Waals surface area contributed by atoms with Crippen LogP contribution in [-0.2, 0) is 14.3 Å². The van der Waals surface area contributed by atoms with Gasteiger partial charge in [-0.2, -0.15) is 0 Å². The Balaban J connectivity index is 1.76. The predicted molar refractivity (Wildman–Crippen MR) is 122 cm³/mol. The maximum Gasteiger partial charge on any atom is 0.302 e. The average Bonchev–Trinajstić information content (AvgIpc) is 2.83. The molecule has 12 nitrogen and oxygen atoms in total. The van der Waals surface area contributed by atoms with E-state index < -0.39 is 48.7 Å². The first-order valence-corrected chi connectivity index (χ1v) is 10.8. The molecule has 5 N–H and O–H groups in total. The Bertz CT molecular complexity index is 1310. The van der Waals surface area contributed by atoms with Gasteiger partial charge in [0.1, 0.15) is 76.3 Å². The lowest BCUT2D eigenvalue weighted by atomic mass is 9.99. The van der Waals surface area contributed by atoms with E-state index in [0.29, 0.717) is 0 Å². The summed E-state index contributed by atoms with van der Waals surface area (Å²) in [6, 6.07) is 7.78. The van der Waals surface area contributed by atoms with Gasteiger partial charge in [0.25, 0.3) is 0 Å². The van der Waals surface area contributed by atoms with Crippen molar-refractivity contribution < 1.29 is 53.7 Å². The molecule has 36 heavy (non-hydrogen) atoms. The van der Waals surface area contributed by atoms with E-state index >= 15 is 0 Å². The molecule has 0 aliphatic carbocycles.